The summed E-state index contributed by atoms with van der Waals surface area (Å²) in [6.45, 7) is 0.375. The molecule has 2 saturated heterocycles. The number of nitrogens with one attached hydrogen (secondary N) is 1. The number of methoxy groups -OCH3 is 1. The Morgan fingerprint density at radius 3 is 2.63 bits per heavy atom. The summed E-state index contributed by atoms with van der Waals surface area (Å²) in [6.07, 6.45) is 1.09. The predicted octanol–water partition coefficient (Wildman–Crippen LogP) is 3.02. The number of benzene rings is 2. The summed E-state index contributed by atoms with van der Waals surface area (Å²) in [4.78, 5) is 19.0. The molecule has 3 aliphatic rings. The van der Waals surface area contributed by atoms with Crippen LogP contribution in [0, 0.1) is 5.92 Å². The van der Waals surface area contributed by atoms with Gasteiger partial charge >= 0.3 is 6.09 Å². The molecule has 224 valence electrons. The molecule has 0 spiro atoms. The first-order chi connectivity index (χ1) is 19.8. The SMILES string of the molecule is COc1cccc(S(=O)(=O)N(C[C@@H](O)[C@H](Cc2ccccc2)NC(=O)OC2CO[C@H]3OCC[C@@H]23)OC2CCCC2)c1. The molecular weight excluding hydrogens is 552 g/mol. The van der Waals surface area contributed by atoms with Gasteiger partial charge in [-0.25, -0.2) is 13.2 Å². The van der Waals surface area contributed by atoms with E-state index in [9.17, 15) is 18.3 Å². The second kappa shape index (κ2) is 13.5. The lowest BCUT2D eigenvalue weighted by Crippen LogP contribution is -2.51. The number of aliphatic hydroxyl groups is 1. The van der Waals surface area contributed by atoms with Crippen LogP contribution in [0.15, 0.2) is 59.5 Å². The third-order valence-electron chi connectivity index (χ3n) is 7.82. The Kier molecular flexibility index (Phi) is 9.79. The fraction of sp³-hybridized carbons (Fsp3) is 0.552. The van der Waals surface area contributed by atoms with Crippen molar-refractivity contribution in [1.82, 2.24) is 9.79 Å². The zero-order valence-electron chi connectivity index (χ0n) is 23.1. The maximum Gasteiger partial charge on any atom is 0.407 e. The molecule has 0 radical (unpaired) electrons. The van der Waals surface area contributed by atoms with E-state index in [0.29, 0.717) is 25.2 Å². The lowest BCUT2D eigenvalue weighted by molar-refractivity contribution is -0.145. The summed E-state index contributed by atoms with van der Waals surface area (Å²) in [6, 6.07) is 14.5. The topological polar surface area (TPSA) is 133 Å². The average molecular weight is 591 g/mol. The Morgan fingerprint density at radius 1 is 1.10 bits per heavy atom. The minimum atomic E-state index is -4.18. The Balaban J connectivity index is 1.34. The van der Waals surface area contributed by atoms with Gasteiger partial charge in [-0.1, -0.05) is 53.7 Å². The smallest absolute Gasteiger partial charge is 0.407 e. The molecule has 11 nitrogen and oxygen atoms in total. The quantitative estimate of drug-likeness (QED) is 0.358. The Morgan fingerprint density at radius 2 is 1.88 bits per heavy atom. The molecular formula is C29H38N2O9S. The van der Waals surface area contributed by atoms with Gasteiger partial charge in [-0.3, -0.25) is 4.84 Å². The maximum atomic E-state index is 13.8. The molecule has 2 aliphatic heterocycles. The Bertz CT molecular complexity index is 1260. The normalized spacial score (nSPS) is 24.2. The highest BCUT2D eigenvalue weighted by atomic mass is 32.2. The molecule has 3 fully saturated rings. The van der Waals surface area contributed by atoms with Gasteiger partial charge < -0.3 is 29.4 Å². The van der Waals surface area contributed by atoms with Crippen molar-refractivity contribution in [1.29, 1.82) is 0 Å². The van der Waals surface area contributed by atoms with Crippen molar-refractivity contribution in [2.75, 3.05) is 26.9 Å². The van der Waals surface area contributed by atoms with E-state index in [2.05, 4.69) is 5.32 Å². The Labute approximate surface area is 240 Å². The number of nitrogens with zero attached hydrogens (tertiary/aromatic N) is 1. The van der Waals surface area contributed by atoms with E-state index in [1.165, 1.54) is 19.2 Å². The molecule has 2 heterocycles. The third-order valence-corrected chi connectivity index (χ3v) is 9.44. The molecule has 1 unspecified atom stereocenters. The molecule has 0 bridgehead atoms. The number of sulfonamides is 1. The molecule has 41 heavy (non-hydrogen) atoms. The van der Waals surface area contributed by atoms with Crippen LogP contribution in [0.1, 0.15) is 37.7 Å². The first-order valence-electron chi connectivity index (χ1n) is 14.1. The van der Waals surface area contributed by atoms with Crippen LogP contribution >= 0.6 is 0 Å². The van der Waals surface area contributed by atoms with E-state index in [1.54, 1.807) is 12.1 Å². The number of carbonyl (C=O) groups is 1. The molecule has 2 aromatic carbocycles. The molecule has 1 amide bonds. The van der Waals surface area contributed by atoms with Gasteiger partial charge in [-0.15, -0.1) is 0 Å². The number of hydrogen-bond donors (Lipinski definition) is 2. The predicted molar refractivity (Wildman–Crippen MR) is 147 cm³/mol. The van der Waals surface area contributed by atoms with Gasteiger partial charge in [-0.05, 0) is 43.4 Å². The van der Waals surface area contributed by atoms with Gasteiger partial charge in [0.15, 0.2) is 6.29 Å². The molecule has 1 aliphatic carbocycles. The summed E-state index contributed by atoms with van der Waals surface area (Å²) in [5.41, 5.74) is 0.851. The Hall–Kier alpha value is -2.74. The van der Waals surface area contributed by atoms with E-state index in [4.69, 9.17) is 23.8 Å². The van der Waals surface area contributed by atoms with Crippen LogP contribution in [-0.2, 0) is 35.5 Å². The monoisotopic (exact) mass is 590 g/mol. The highest BCUT2D eigenvalue weighted by molar-refractivity contribution is 7.89. The van der Waals surface area contributed by atoms with Gasteiger partial charge in [-0.2, -0.15) is 0 Å². The van der Waals surface area contributed by atoms with Crippen LogP contribution in [-0.4, -0.2) is 81.6 Å². The molecule has 0 aromatic heterocycles. The first-order valence-corrected chi connectivity index (χ1v) is 15.5. The van der Waals surface area contributed by atoms with Crippen molar-refractivity contribution in [3.8, 4) is 5.75 Å². The lowest BCUT2D eigenvalue weighted by atomic mass is 10.0. The number of alkyl carbamates (subject to hydrolysis) is 1. The lowest BCUT2D eigenvalue weighted by Gasteiger charge is -2.31. The summed E-state index contributed by atoms with van der Waals surface area (Å²) in [7, 11) is -2.73. The van der Waals surface area contributed by atoms with Crippen molar-refractivity contribution >= 4 is 16.1 Å². The van der Waals surface area contributed by atoms with E-state index in [1.807, 2.05) is 30.3 Å². The minimum Gasteiger partial charge on any atom is -0.497 e. The second-order valence-electron chi connectivity index (χ2n) is 10.7. The summed E-state index contributed by atoms with van der Waals surface area (Å²) in [5, 5.41) is 14.2. The molecule has 5 rings (SSSR count). The molecule has 1 saturated carbocycles. The van der Waals surface area contributed by atoms with Crippen molar-refractivity contribution < 1.29 is 42.1 Å². The zero-order valence-corrected chi connectivity index (χ0v) is 23.9. The fourth-order valence-electron chi connectivity index (χ4n) is 5.54. The van der Waals surface area contributed by atoms with E-state index in [0.717, 1.165) is 29.3 Å². The number of aliphatic hydroxyl groups excluding tert-OH is 1. The molecule has 5 atom stereocenters. The van der Waals surface area contributed by atoms with Gasteiger partial charge in [0.1, 0.15) is 11.9 Å². The second-order valence-corrected chi connectivity index (χ2v) is 12.5. The first kappa shape index (κ1) is 29.7. The van der Waals surface area contributed by atoms with Crippen molar-refractivity contribution in [3.05, 3.63) is 60.2 Å². The third kappa shape index (κ3) is 7.37. The number of amides is 1. The average Bonchev–Trinajstić information content (AvgIpc) is 3.74. The fourth-order valence-corrected chi connectivity index (χ4v) is 6.87. The van der Waals surface area contributed by atoms with E-state index >= 15 is 0 Å². The van der Waals surface area contributed by atoms with E-state index < -0.39 is 40.9 Å². The number of rotatable bonds is 12. The van der Waals surface area contributed by atoms with Crippen molar-refractivity contribution in [2.24, 2.45) is 5.92 Å². The molecule has 12 heteroatoms. The van der Waals surface area contributed by atoms with Crippen LogP contribution in [0.3, 0.4) is 0 Å². The summed E-state index contributed by atoms with van der Waals surface area (Å²) >= 11 is 0. The largest absolute Gasteiger partial charge is 0.497 e. The molecule has 2 aromatic rings. The van der Waals surface area contributed by atoms with Crippen LogP contribution in [0.25, 0.3) is 0 Å². The number of carbonyl (C=O) groups excluding carboxylic acids is 1. The van der Waals surface area contributed by atoms with Crippen molar-refractivity contribution in [2.45, 2.75) is 74.1 Å². The number of fused-ring (bicyclic) bond motifs is 1. The van der Waals surface area contributed by atoms with Crippen molar-refractivity contribution in [3.63, 3.8) is 0 Å². The van der Waals surface area contributed by atoms with Crippen LogP contribution in [0.5, 0.6) is 5.75 Å². The highest BCUT2D eigenvalue weighted by Gasteiger charge is 2.44. The van der Waals surface area contributed by atoms with E-state index in [-0.39, 0.29) is 36.2 Å². The van der Waals surface area contributed by atoms with Crippen LogP contribution in [0.2, 0.25) is 0 Å². The molecule has 2 N–H and O–H groups in total. The number of hydrogen-bond acceptors (Lipinski definition) is 9. The minimum absolute atomic E-state index is 0.0244. The van der Waals surface area contributed by atoms with Crippen LogP contribution < -0.4 is 10.1 Å². The van der Waals surface area contributed by atoms with Gasteiger partial charge in [0, 0.05) is 6.07 Å². The summed E-state index contributed by atoms with van der Waals surface area (Å²) < 4.78 is 50.4. The number of hydroxylamine groups is 1. The van der Waals surface area contributed by atoms with Gasteiger partial charge in [0.25, 0.3) is 10.0 Å². The maximum absolute atomic E-state index is 13.8. The highest BCUT2D eigenvalue weighted by Crippen LogP contribution is 2.33. The van der Waals surface area contributed by atoms with Crippen LogP contribution in [0.4, 0.5) is 4.79 Å². The summed E-state index contributed by atoms with van der Waals surface area (Å²) in [5.74, 6) is 0.339. The van der Waals surface area contributed by atoms with Gasteiger partial charge in [0.05, 0.1) is 55.9 Å². The standard InChI is InChI=1S/C29H38N2O9S/c1-36-22-12-7-13-23(17-22)41(34,35)31(40-21-10-5-6-11-21)18-26(32)25(16-20-8-3-2-4-9-20)30-29(33)39-27-19-38-28-24(27)14-15-37-28/h2-4,7-9,12-13,17,21,24-28,32H,5-6,10-11,14-16,18-19H2,1H3,(H,30,33)/t24-,25-,26+,27?,28+/m0/s1. The zero-order chi connectivity index (χ0) is 28.8. The van der Waals surface area contributed by atoms with Gasteiger partial charge in [0.2, 0.25) is 0 Å². The number of ether oxygens (including phenoxy) is 4.